The van der Waals surface area contributed by atoms with E-state index < -0.39 is 15.7 Å². The number of pyridine rings is 2. The van der Waals surface area contributed by atoms with Gasteiger partial charge in [-0.25, -0.2) is 12.8 Å². The van der Waals surface area contributed by atoms with E-state index in [4.69, 9.17) is 0 Å². The van der Waals surface area contributed by atoms with Crippen LogP contribution in [0.1, 0.15) is 25.8 Å². The summed E-state index contributed by atoms with van der Waals surface area (Å²) < 4.78 is 38.0. The molecule has 0 aliphatic carbocycles. The lowest BCUT2D eigenvalue weighted by molar-refractivity contribution is -0.116. The van der Waals surface area contributed by atoms with Crippen molar-refractivity contribution in [3.8, 4) is 33.6 Å². The molecule has 6 rings (SSSR count). The number of benzene rings is 2. The maximum Gasteiger partial charge on any atom is 0.224 e. The molecule has 224 valence electrons. The van der Waals surface area contributed by atoms with E-state index in [0.29, 0.717) is 34.5 Å². The van der Waals surface area contributed by atoms with Crippen LogP contribution < -0.4 is 5.32 Å². The number of amides is 1. The Labute approximate surface area is 253 Å². The van der Waals surface area contributed by atoms with Crippen molar-refractivity contribution in [2.45, 2.75) is 26.7 Å². The number of carbonyl (C=O) groups is 1. The molecule has 0 spiro atoms. The van der Waals surface area contributed by atoms with Crippen molar-refractivity contribution in [2.75, 3.05) is 17.3 Å². The molecular formula is C33H31FN6O3S. The minimum absolute atomic E-state index is 0.0532. The Morgan fingerprint density at radius 1 is 0.909 bits per heavy atom. The lowest BCUT2D eigenvalue weighted by atomic mass is 10.00. The summed E-state index contributed by atoms with van der Waals surface area (Å²) in [5, 5.41) is 12.3. The van der Waals surface area contributed by atoms with E-state index in [1.807, 2.05) is 44.2 Å². The highest BCUT2D eigenvalue weighted by Crippen LogP contribution is 2.35. The summed E-state index contributed by atoms with van der Waals surface area (Å²) in [7, 11) is -3.19. The van der Waals surface area contributed by atoms with Crippen molar-refractivity contribution in [3.05, 3.63) is 84.7 Å². The van der Waals surface area contributed by atoms with E-state index in [1.165, 1.54) is 18.4 Å². The van der Waals surface area contributed by atoms with Crippen LogP contribution in [-0.2, 0) is 21.1 Å². The highest BCUT2D eigenvalue weighted by Gasteiger charge is 2.16. The number of rotatable bonds is 9. The van der Waals surface area contributed by atoms with Crippen LogP contribution in [0.4, 0.5) is 10.1 Å². The summed E-state index contributed by atoms with van der Waals surface area (Å²) in [5.41, 5.74) is 7.36. The van der Waals surface area contributed by atoms with Crippen molar-refractivity contribution >= 4 is 43.2 Å². The molecule has 11 heteroatoms. The van der Waals surface area contributed by atoms with Gasteiger partial charge >= 0.3 is 0 Å². The highest BCUT2D eigenvalue weighted by molar-refractivity contribution is 7.90. The van der Waals surface area contributed by atoms with Gasteiger partial charge in [0.05, 0.1) is 40.6 Å². The number of nitrogens with zero attached hydrogens (tertiary/aromatic N) is 3. The zero-order valence-electron chi connectivity index (χ0n) is 24.5. The molecular weight excluding hydrogens is 579 g/mol. The molecule has 0 bridgehead atoms. The molecule has 0 saturated heterocycles. The molecule has 0 atom stereocenters. The van der Waals surface area contributed by atoms with E-state index in [9.17, 15) is 17.6 Å². The standard InChI is InChI=1S/C33H31FN6O3S/c1-19(2)8-32(41)37-25-12-23(15-35-16-25)21-4-5-29-27(13-21)33(40-39-29)30-14-26-28(17-36-18-31(26)38-30)22-9-20(10-24(34)11-22)6-7-44(3,42)43/h4-5,9-19,38H,6-8H2,1-3H3,(H,37,41)(H,39,40). The van der Waals surface area contributed by atoms with E-state index >= 15 is 0 Å². The molecule has 0 saturated carbocycles. The van der Waals surface area contributed by atoms with Gasteiger partial charge in [0.1, 0.15) is 21.3 Å². The Bertz CT molecular complexity index is 2130. The van der Waals surface area contributed by atoms with Crippen molar-refractivity contribution in [1.82, 2.24) is 25.1 Å². The predicted octanol–water partition coefficient (Wildman–Crippen LogP) is 6.55. The largest absolute Gasteiger partial charge is 0.352 e. The zero-order valence-corrected chi connectivity index (χ0v) is 25.3. The van der Waals surface area contributed by atoms with Gasteiger partial charge in [-0.15, -0.1) is 0 Å². The smallest absolute Gasteiger partial charge is 0.224 e. The van der Waals surface area contributed by atoms with Gasteiger partial charge in [0, 0.05) is 47.0 Å². The number of nitrogens with one attached hydrogen (secondary N) is 3. The fourth-order valence-corrected chi connectivity index (χ4v) is 5.92. The summed E-state index contributed by atoms with van der Waals surface area (Å²) in [6.07, 6.45) is 8.59. The fraction of sp³-hybridized carbons (Fsp3) is 0.212. The second kappa shape index (κ2) is 11.6. The summed E-state index contributed by atoms with van der Waals surface area (Å²) in [6.45, 7) is 4.00. The number of anilines is 1. The van der Waals surface area contributed by atoms with Crippen molar-refractivity contribution in [3.63, 3.8) is 0 Å². The van der Waals surface area contributed by atoms with E-state index in [0.717, 1.165) is 38.6 Å². The number of aromatic nitrogens is 5. The summed E-state index contributed by atoms with van der Waals surface area (Å²) >= 11 is 0. The second-order valence-corrected chi connectivity index (χ2v) is 13.8. The molecule has 9 nitrogen and oxygen atoms in total. The van der Waals surface area contributed by atoms with Gasteiger partial charge < -0.3 is 10.3 Å². The van der Waals surface area contributed by atoms with Crippen LogP contribution in [0.15, 0.2) is 73.3 Å². The molecule has 2 aromatic carbocycles. The number of halogens is 1. The third kappa shape index (κ3) is 6.37. The number of hydrogen-bond donors (Lipinski definition) is 3. The van der Waals surface area contributed by atoms with Gasteiger partial charge in [-0.3, -0.25) is 19.9 Å². The van der Waals surface area contributed by atoms with Gasteiger partial charge in [-0.2, -0.15) is 5.10 Å². The molecule has 0 fully saturated rings. The molecule has 3 N–H and O–H groups in total. The number of sulfone groups is 1. The first kappa shape index (κ1) is 29.2. The van der Waals surface area contributed by atoms with Crippen molar-refractivity contribution in [2.24, 2.45) is 5.92 Å². The van der Waals surface area contributed by atoms with Gasteiger partial charge in [0.25, 0.3) is 0 Å². The average Bonchev–Trinajstić information content (AvgIpc) is 3.59. The highest BCUT2D eigenvalue weighted by atomic mass is 32.2. The molecule has 4 aromatic heterocycles. The van der Waals surface area contributed by atoms with E-state index in [-0.39, 0.29) is 24.0 Å². The first-order valence-electron chi connectivity index (χ1n) is 14.2. The van der Waals surface area contributed by atoms with Crippen molar-refractivity contribution < 1.29 is 17.6 Å². The van der Waals surface area contributed by atoms with E-state index in [1.54, 1.807) is 30.9 Å². The van der Waals surface area contributed by atoms with Crippen LogP contribution >= 0.6 is 0 Å². The quantitative estimate of drug-likeness (QED) is 0.170. The van der Waals surface area contributed by atoms with Crippen molar-refractivity contribution in [1.29, 1.82) is 0 Å². The average molecular weight is 611 g/mol. The molecule has 0 unspecified atom stereocenters. The second-order valence-electron chi connectivity index (χ2n) is 11.5. The number of aromatic amines is 2. The summed E-state index contributed by atoms with van der Waals surface area (Å²) in [5.74, 6) is -0.304. The number of H-pyrrole nitrogens is 2. The Kier molecular flexibility index (Phi) is 7.73. The Morgan fingerprint density at radius 2 is 1.73 bits per heavy atom. The van der Waals surface area contributed by atoms with Crippen LogP contribution in [0.3, 0.4) is 0 Å². The normalized spacial score (nSPS) is 11.9. The lowest BCUT2D eigenvalue weighted by Crippen LogP contribution is -2.13. The number of carbonyl (C=O) groups excluding carboxylic acids is 1. The number of hydrogen-bond acceptors (Lipinski definition) is 6. The van der Waals surface area contributed by atoms with Crippen LogP contribution in [0.5, 0.6) is 0 Å². The minimum Gasteiger partial charge on any atom is -0.352 e. The molecule has 1 amide bonds. The summed E-state index contributed by atoms with van der Waals surface area (Å²) in [4.78, 5) is 24.4. The van der Waals surface area contributed by atoms with Crippen LogP contribution in [0, 0.1) is 11.7 Å². The molecule has 4 heterocycles. The molecule has 0 radical (unpaired) electrons. The summed E-state index contributed by atoms with van der Waals surface area (Å²) in [6, 6.07) is 14.4. The molecule has 6 aromatic rings. The topological polar surface area (TPSA) is 133 Å². The number of aryl methyl sites for hydroxylation is 1. The Morgan fingerprint density at radius 3 is 2.52 bits per heavy atom. The lowest BCUT2D eigenvalue weighted by Gasteiger charge is -2.09. The van der Waals surface area contributed by atoms with Gasteiger partial charge in [0.15, 0.2) is 0 Å². The van der Waals surface area contributed by atoms with Gasteiger partial charge in [0.2, 0.25) is 5.91 Å². The minimum atomic E-state index is -3.19. The third-order valence-corrected chi connectivity index (χ3v) is 8.29. The van der Waals surface area contributed by atoms with Crippen LogP contribution in [-0.4, -0.2) is 51.5 Å². The predicted molar refractivity (Wildman–Crippen MR) is 171 cm³/mol. The van der Waals surface area contributed by atoms with E-state index in [2.05, 4.69) is 30.5 Å². The molecule has 44 heavy (non-hydrogen) atoms. The zero-order chi connectivity index (χ0) is 31.0. The Hall–Kier alpha value is -4.90. The fourth-order valence-electron chi connectivity index (χ4n) is 5.31. The molecule has 0 aliphatic rings. The third-order valence-electron chi connectivity index (χ3n) is 7.34. The van der Waals surface area contributed by atoms with Crippen LogP contribution in [0.25, 0.3) is 55.4 Å². The Balaban J connectivity index is 1.36. The monoisotopic (exact) mass is 610 g/mol. The number of fused-ring (bicyclic) bond motifs is 2. The molecule has 0 aliphatic heterocycles. The maximum absolute atomic E-state index is 14.6. The SMILES string of the molecule is CC(C)CC(=O)Nc1cncc(-c2ccc3[nH]nc(-c4cc5c(-c6cc(F)cc(CCS(C)(=O)=O)c6)cncc5[nH]4)c3c2)c1. The van der Waals surface area contributed by atoms with Gasteiger partial charge in [-0.1, -0.05) is 26.0 Å². The van der Waals surface area contributed by atoms with Gasteiger partial charge in [-0.05, 0) is 65.4 Å². The first-order valence-corrected chi connectivity index (χ1v) is 16.3. The van der Waals surface area contributed by atoms with Crippen LogP contribution in [0.2, 0.25) is 0 Å². The maximum atomic E-state index is 14.6. The first-order chi connectivity index (χ1) is 21.0.